The summed E-state index contributed by atoms with van der Waals surface area (Å²) in [4.78, 5) is 4.13. The fraction of sp³-hybridized carbons (Fsp3) is 0.154. The number of halogens is 1. The molecule has 2 aromatic rings. The SMILES string of the molecule is CC(N)c1ccnc(Oc2ccc(Cl)cc2)c1. The highest BCUT2D eigenvalue weighted by Crippen LogP contribution is 2.23. The lowest BCUT2D eigenvalue weighted by Gasteiger charge is -2.08. The maximum atomic E-state index is 5.80. The molecule has 0 saturated heterocycles. The van der Waals surface area contributed by atoms with E-state index in [1.807, 2.05) is 19.1 Å². The number of hydrogen-bond donors (Lipinski definition) is 1. The third-order valence-corrected chi connectivity index (χ3v) is 2.57. The zero-order chi connectivity index (χ0) is 12.3. The molecule has 1 atom stereocenters. The van der Waals surface area contributed by atoms with Crippen molar-refractivity contribution in [1.29, 1.82) is 0 Å². The van der Waals surface area contributed by atoms with Gasteiger partial charge in [-0.25, -0.2) is 4.98 Å². The molecule has 88 valence electrons. The summed E-state index contributed by atoms with van der Waals surface area (Å²) < 4.78 is 5.60. The number of rotatable bonds is 3. The average Bonchev–Trinajstić information content (AvgIpc) is 2.32. The van der Waals surface area contributed by atoms with Crippen molar-refractivity contribution < 1.29 is 4.74 Å². The second-order valence-electron chi connectivity index (χ2n) is 3.77. The van der Waals surface area contributed by atoms with Gasteiger partial charge in [-0.15, -0.1) is 0 Å². The molecule has 0 fully saturated rings. The monoisotopic (exact) mass is 248 g/mol. The predicted octanol–water partition coefficient (Wildman–Crippen LogP) is 3.55. The molecular formula is C13H13ClN2O. The second-order valence-corrected chi connectivity index (χ2v) is 4.21. The minimum Gasteiger partial charge on any atom is -0.439 e. The molecule has 1 unspecified atom stereocenters. The minimum absolute atomic E-state index is 0.0365. The maximum absolute atomic E-state index is 5.80. The van der Waals surface area contributed by atoms with E-state index in [1.54, 1.807) is 30.5 Å². The Morgan fingerprint density at radius 2 is 1.94 bits per heavy atom. The molecule has 0 aliphatic carbocycles. The van der Waals surface area contributed by atoms with Crippen LogP contribution < -0.4 is 10.5 Å². The molecule has 1 aromatic heterocycles. The van der Waals surface area contributed by atoms with E-state index >= 15 is 0 Å². The van der Waals surface area contributed by atoms with Crippen LogP contribution in [0.5, 0.6) is 11.6 Å². The summed E-state index contributed by atoms with van der Waals surface area (Å²) >= 11 is 5.79. The number of nitrogens with two attached hydrogens (primary N) is 1. The lowest BCUT2D eigenvalue weighted by atomic mass is 10.1. The number of ether oxygens (including phenoxy) is 1. The van der Waals surface area contributed by atoms with E-state index < -0.39 is 0 Å². The van der Waals surface area contributed by atoms with E-state index in [1.165, 1.54) is 0 Å². The third-order valence-electron chi connectivity index (χ3n) is 2.32. The van der Waals surface area contributed by atoms with E-state index in [9.17, 15) is 0 Å². The van der Waals surface area contributed by atoms with E-state index in [0.29, 0.717) is 16.7 Å². The van der Waals surface area contributed by atoms with E-state index in [-0.39, 0.29) is 6.04 Å². The fourth-order valence-electron chi connectivity index (χ4n) is 1.39. The minimum atomic E-state index is -0.0365. The maximum Gasteiger partial charge on any atom is 0.219 e. The summed E-state index contributed by atoms with van der Waals surface area (Å²) in [5, 5.41) is 0.676. The number of aromatic nitrogens is 1. The van der Waals surface area contributed by atoms with Gasteiger partial charge in [0.15, 0.2) is 0 Å². The van der Waals surface area contributed by atoms with Gasteiger partial charge in [-0.1, -0.05) is 11.6 Å². The van der Waals surface area contributed by atoms with Crippen LogP contribution in [0.2, 0.25) is 5.02 Å². The van der Waals surface area contributed by atoms with Crippen LogP contribution >= 0.6 is 11.6 Å². The molecule has 0 amide bonds. The molecule has 0 aliphatic rings. The van der Waals surface area contributed by atoms with Gasteiger partial charge in [-0.2, -0.15) is 0 Å². The largest absolute Gasteiger partial charge is 0.439 e. The number of pyridine rings is 1. The first-order chi connectivity index (χ1) is 8.15. The van der Waals surface area contributed by atoms with Crippen LogP contribution in [0.3, 0.4) is 0 Å². The van der Waals surface area contributed by atoms with E-state index in [2.05, 4.69) is 4.98 Å². The van der Waals surface area contributed by atoms with Crippen molar-refractivity contribution in [1.82, 2.24) is 4.98 Å². The molecule has 0 aliphatic heterocycles. The van der Waals surface area contributed by atoms with Gasteiger partial charge < -0.3 is 10.5 Å². The summed E-state index contributed by atoms with van der Waals surface area (Å²) in [7, 11) is 0. The predicted molar refractivity (Wildman–Crippen MR) is 68.4 cm³/mol. The van der Waals surface area contributed by atoms with Gasteiger partial charge >= 0.3 is 0 Å². The van der Waals surface area contributed by atoms with Crippen molar-refractivity contribution in [3.63, 3.8) is 0 Å². The van der Waals surface area contributed by atoms with Crippen molar-refractivity contribution in [2.24, 2.45) is 5.73 Å². The average molecular weight is 249 g/mol. The summed E-state index contributed by atoms with van der Waals surface area (Å²) in [6.07, 6.45) is 1.68. The Bertz CT molecular complexity index is 497. The van der Waals surface area contributed by atoms with Crippen LogP contribution in [0.1, 0.15) is 18.5 Å². The zero-order valence-electron chi connectivity index (χ0n) is 9.43. The van der Waals surface area contributed by atoms with Crippen LogP contribution in [-0.2, 0) is 0 Å². The summed E-state index contributed by atoms with van der Waals surface area (Å²) in [6, 6.07) is 10.8. The number of nitrogens with zero attached hydrogens (tertiary/aromatic N) is 1. The molecule has 4 heteroatoms. The van der Waals surface area contributed by atoms with Crippen molar-refractivity contribution in [3.8, 4) is 11.6 Å². The molecule has 0 saturated carbocycles. The van der Waals surface area contributed by atoms with E-state index in [4.69, 9.17) is 22.1 Å². The quantitative estimate of drug-likeness (QED) is 0.904. The van der Waals surface area contributed by atoms with Crippen LogP contribution in [0.25, 0.3) is 0 Å². The van der Waals surface area contributed by atoms with Gasteiger partial charge in [0.25, 0.3) is 0 Å². The van der Waals surface area contributed by atoms with Gasteiger partial charge in [0, 0.05) is 23.3 Å². The number of hydrogen-bond acceptors (Lipinski definition) is 3. The molecule has 1 heterocycles. The normalized spacial score (nSPS) is 12.2. The van der Waals surface area contributed by atoms with Gasteiger partial charge in [-0.3, -0.25) is 0 Å². The summed E-state index contributed by atoms with van der Waals surface area (Å²) in [5.74, 6) is 1.23. The first kappa shape index (κ1) is 11.9. The molecular weight excluding hydrogens is 236 g/mol. The highest BCUT2D eigenvalue weighted by Gasteiger charge is 2.03. The van der Waals surface area contributed by atoms with Crippen molar-refractivity contribution >= 4 is 11.6 Å². The molecule has 2 rings (SSSR count). The van der Waals surface area contributed by atoms with Crippen LogP contribution in [0, 0.1) is 0 Å². The Labute approximate surface area is 105 Å². The lowest BCUT2D eigenvalue weighted by Crippen LogP contribution is -2.05. The van der Waals surface area contributed by atoms with Gasteiger partial charge in [0.2, 0.25) is 5.88 Å². The molecule has 17 heavy (non-hydrogen) atoms. The van der Waals surface area contributed by atoms with Gasteiger partial charge in [0.1, 0.15) is 5.75 Å². The Morgan fingerprint density at radius 1 is 1.24 bits per heavy atom. The number of benzene rings is 1. The van der Waals surface area contributed by atoms with Crippen molar-refractivity contribution in [2.45, 2.75) is 13.0 Å². The first-order valence-electron chi connectivity index (χ1n) is 5.30. The second kappa shape index (κ2) is 5.17. The smallest absolute Gasteiger partial charge is 0.219 e. The molecule has 0 radical (unpaired) electrons. The molecule has 1 aromatic carbocycles. The Kier molecular flexibility index (Phi) is 3.61. The van der Waals surface area contributed by atoms with Crippen molar-refractivity contribution in [2.75, 3.05) is 0 Å². The standard InChI is InChI=1S/C13H13ClN2O/c1-9(15)10-6-7-16-13(8-10)17-12-4-2-11(14)3-5-12/h2-9H,15H2,1H3. The van der Waals surface area contributed by atoms with Gasteiger partial charge in [0.05, 0.1) is 0 Å². The Hall–Kier alpha value is -1.58. The zero-order valence-corrected chi connectivity index (χ0v) is 10.2. The Morgan fingerprint density at radius 3 is 2.59 bits per heavy atom. The summed E-state index contributed by atoms with van der Waals surface area (Å²) in [6.45, 7) is 1.92. The summed E-state index contributed by atoms with van der Waals surface area (Å²) in [5.41, 5.74) is 6.78. The molecule has 0 bridgehead atoms. The highest BCUT2D eigenvalue weighted by molar-refractivity contribution is 6.30. The lowest BCUT2D eigenvalue weighted by molar-refractivity contribution is 0.461. The first-order valence-corrected chi connectivity index (χ1v) is 5.68. The van der Waals surface area contributed by atoms with Crippen molar-refractivity contribution in [3.05, 3.63) is 53.2 Å². The van der Waals surface area contributed by atoms with Crippen LogP contribution in [0.4, 0.5) is 0 Å². The van der Waals surface area contributed by atoms with E-state index in [0.717, 1.165) is 5.56 Å². The third kappa shape index (κ3) is 3.19. The Balaban J connectivity index is 2.18. The van der Waals surface area contributed by atoms with Crippen LogP contribution in [-0.4, -0.2) is 4.98 Å². The topological polar surface area (TPSA) is 48.1 Å². The van der Waals surface area contributed by atoms with Crippen LogP contribution in [0.15, 0.2) is 42.6 Å². The molecule has 2 N–H and O–H groups in total. The molecule has 3 nitrogen and oxygen atoms in total. The highest BCUT2D eigenvalue weighted by atomic mass is 35.5. The fourth-order valence-corrected chi connectivity index (χ4v) is 1.51. The molecule has 0 spiro atoms. The van der Waals surface area contributed by atoms with Gasteiger partial charge in [-0.05, 0) is 42.8 Å².